The third-order valence-corrected chi connectivity index (χ3v) is 3.70. The quantitative estimate of drug-likeness (QED) is 0.496. The predicted molar refractivity (Wildman–Crippen MR) is 94.3 cm³/mol. The Morgan fingerprint density at radius 1 is 1.12 bits per heavy atom. The van der Waals surface area contributed by atoms with E-state index in [2.05, 4.69) is 10.6 Å². The van der Waals surface area contributed by atoms with Gasteiger partial charge in [-0.25, -0.2) is 0 Å². The van der Waals surface area contributed by atoms with Crippen molar-refractivity contribution in [3.8, 4) is 0 Å². The van der Waals surface area contributed by atoms with Crippen LogP contribution in [-0.4, -0.2) is 23.3 Å². The van der Waals surface area contributed by atoms with Gasteiger partial charge in [-0.3, -0.25) is 19.7 Å². The summed E-state index contributed by atoms with van der Waals surface area (Å²) in [5.74, 6) is -1.60. The Kier molecular flexibility index (Phi) is 5.84. The Balaban J connectivity index is 1.91. The van der Waals surface area contributed by atoms with Gasteiger partial charge < -0.3 is 10.6 Å². The first-order valence-electron chi connectivity index (χ1n) is 7.77. The molecule has 0 aliphatic rings. The van der Waals surface area contributed by atoms with Crippen molar-refractivity contribution in [1.29, 1.82) is 0 Å². The van der Waals surface area contributed by atoms with Crippen molar-refractivity contribution in [3.63, 3.8) is 0 Å². The van der Waals surface area contributed by atoms with E-state index in [1.807, 2.05) is 38.1 Å². The minimum absolute atomic E-state index is 0.0504. The van der Waals surface area contributed by atoms with Gasteiger partial charge in [0.05, 0.1) is 4.92 Å². The minimum atomic E-state index is -0.864. The van der Waals surface area contributed by atoms with Crippen LogP contribution in [0.2, 0.25) is 0 Å². The molecule has 2 aromatic carbocycles. The normalized spacial score (nSPS) is 11.4. The Hall–Kier alpha value is -3.22. The molecule has 0 fully saturated rings. The van der Waals surface area contributed by atoms with Crippen LogP contribution in [0.25, 0.3) is 0 Å². The topological polar surface area (TPSA) is 101 Å². The molecule has 0 aromatic heterocycles. The highest BCUT2D eigenvalue weighted by Gasteiger charge is 2.16. The third-order valence-electron chi connectivity index (χ3n) is 3.70. The van der Waals surface area contributed by atoms with Crippen molar-refractivity contribution < 1.29 is 14.5 Å². The van der Waals surface area contributed by atoms with E-state index in [0.717, 1.165) is 11.1 Å². The molecule has 0 aliphatic heterocycles. The number of hydrogen-bond donors (Lipinski definition) is 2. The Labute approximate surface area is 145 Å². The lowest BCUT2D eigenvalue weighted by atomic mass is 9.99. The Bertz CT molecular complexity index is 804. The molecule has 2 N–H and O–H groups in total. The van der Waals surface area contributed by atoms with E-state index in [9.17, 15) is 19.7 Å². The fourth-order valence-corrected chi connectivity index (χ4v) is 2.31. The zero-order chi connectivity index (χ0) is 18.4. The number of nitrogens with zero attached hydrogens (tertiary/aromatic N) is 1. The summed E-state index contributed by atoms with van der Waals surface area (Å²) in [6.07, 6.45) is 0. The zero-order valence-corrected chi connectivity index (χ0v) is 14.0. The molecule has 2 rings (SSSR count). The number of rotatable bonds is 5. The monoisotopic (exact) mass is 341 g/mol. The second kappa shape index (κ2) is 8.05. The summed E-state index contributed by atoms with van der Waals surface area (Å²) < 4.78 is 0. The molecule has 0 aliphatic carbocycles. The first-order chi connectivity index (χ1) is 11.9. The van der Waals surface area contributed by atoms with Crippen LogP contribution in [0.1, 0.15) is 24.0 Å². The van der Waals surface area contributed by atoms with Crippen LogP contribution in [0.5, 0.6) is 0 Å². The molecule has 25 heavy (non-hydrogen) atoms. The lowest BCUT2D eigenvalue weighted by molar-refractivity contribution is -0.384. The maximum absolute atomic E-state index is 11.9. The maximum Gasteiger partial charge on any atom is 0.313 e. The van der Waals surface area contributed by atoms with E-state index in [-0.39, 0.29) is 17.3 Å². The lowest BCUT2D eigenvalue weighted by Crippen LogP contribution is -2.37. The van der Waals surface area contributed by atoms with Crippen molar-refractivity contribution in [2.45, 2.75) is 19.8 Å². The van der Waals surface area contributed by atoms with Crippen LogP contribution in [-0.2, 0) is 9.59 Å². The molecule has 130 valence electrons. The number of hydrogen-bond acceptors (Lipinski definition) is 4. The van der Waals surface area contributed by atoms with Crippen molar-refractivity contribution in [1.82, 2.24) is 5.32 Å². The number of nitro benzene ring substituents is 1. The highest BCUT2D eigenvalue weighted by molar-refractivity contribution is 6.39. The summed E-state index contributed by atoms with van der Waals surface area (Å²) in [4.78, 5) is 34.0. The smallest absolute Gasteiger partial charge is 0.313 e. The van der Waals surface area contributed by atoms with E-state index in [0.29, 0.717) is 6.54 Å². The Morgan fingerprint density at radius 2 is 1.84 bits per heavy atom. The van der Waals surface area contributed by atoms with Gasteiger partial charge in [0.1, 0.15) is 0 Å². The van der Waals surface area contributed by atoms with Gasteiger partial charge in [-0.2, -0.15) is 0 Å². The molecule has 7 nitrogen and oxygen atoms in total. The van der Waals surface area contributed by atoms with E-state index in [1.54, 1.807) is 0 Å². The third kappa shape index (κ3) is 5.13. The van der Waals surface area contributed by atoms with E-state index in [1.165, 1.54) is 24.3 Å². The molecule has 7 heteroatoms. The average molecular weight is 341 g/mol. The lowest BCUT2D eigenvalue weighted by Gasteiger charge is -2.13. The van der Waals surface area contributed by atoms with Crippen LogP contribution in [0.4, 0.5) is 11.4 Å². The standard InChI is InChI=1S/C18H19N3O4/c1-12-5-3-6-14(9-12)13(2)11-19-17(22)18(23)20-15-7-4-8-16(10-15)21(24)25/h3-10,13H,11H2,1-2H3,(H,19,22)(H,20,23). The van der Waals surface area contributed by atoms with Crippen molar-refractivity contribution in [2.24, 2.45) is 0 Å². The van der Waals surface area contributed by atoms with Gasteiger partial charge in [0, 0.05) is 24.4 Å². The summed E-state index contributed by atoms with van der Waals surface area (Å²) in [5, 5.41) is 15.6. The Morgan fingerprint density at radius 3 is 2.52 bits per heavy atom. The molecule has 1 unspecified atom stereocenters. The molecular weight excluding hydrogens is 322 g/mol. The summed E-state index contributed by atoms with van der Waals surface area (Å²) in [6, 6.07) is 13.3. The van der Waals surface area contributed by atoms with Gasteiger partial charge in [0.15, 0.2) is 0 Å². The molecule has 2 amide bonds. The molecule has 0 saturated heterocycles. The molecular formula is C18H19N3O4. The number of benzene rings is 2. The van der Waals surface area contributed by atoms with Crippen molar-refractivity contribution in [2.75, 3.05) is 11.9 Å². The molecule has 1 atom stereocenters. The number of nitrogens with one attached hydrogen (secondary N) is 2. The van der Waals surface area contributed by atoms with Crippen molar-refractivity contribution >= 4 is 23.2 Å². The average Bonchev–Trinajstić information content (AvgIpc) is 2.59. The van der Waals surface area contributed by atoms with E-state index < -0.39 is 16.7 Å². The van der Waals surface area contributed by atoms with Gasteiger partial charge in [-0.1, -0.05) is 42.8 Å². The largest absolute Gasteiger partial charge is 0.347 e. The van der Waals surface area contributed by atoms with Gasteiger partial charge in [-0.15, -0.1) is 0 Å². The highest BCUT2D eigenvalue weighted by Crippen LogP contribution is 2.17. The maximum atomic E-state index is 11.9. The number of carbonyl (C=O) groups is 2. The zero-order valence-electron chi connectivity index (χ0n) is 14.0. The molecule has 0 bridgehead atoms. The fraction of sp³-hybridized carbons (Fsp3) is 0.222. The second-order valence-corrected chi connectivity index (χ2v) is 5.79. The van der Waals surface area contributed by atoms with Crippen LogP contribution < -0.4 is 10.6 Å². The van der Waals surface area contributed by atoms with Crippen molar-refractivity contribution in [3.05, 3.63) is 69.8 Å². The molecule has 0 heterocycles. The number of aryl methyl sites for hydroxylation is 1. The predicted octanol–water partition coefficient (Wildman–Crippen LogP) is 2.76. The van der Waals surface area contributed by atoms with E-state index >= 15 is 0 Å². The van der Waals surface area contributed by atoms with E-state index in [4.69, 9.17) is 0 Å². The summed E-state index contributed by atoms with van der Waals surface area (Å²) in [6.45, 7) is 4.25. The number of amides is 2. The number of nitro groups is 1. The SMILES string of the molecule is Cc1cccc(C(C)CNC(=O)C(=O)Nc2cccc([N+](=O)[O-])c2)c1. The summed E-state index contributed by atoms with van der Waals surface area (Å²) in [5.41, 5.74) is 2.23. The molecule has 2 aromatic rings. The van der Waals surface area contributed by atoms with Crippen LogP contribution in [0.3, 0.4) is 0 Å². The summed E-state index contributed by atoms with van der Waals surface area (Å²) in [7, 11) is 0. The number of non-ortho nitro benzene ring substituents is 1. The first kappa shape index (κ1) is 18.1. The van der Waals surface area contributed by atoms with Gasteiger partial charge in [-0.05, 0) is 24.5 Å². The van der Waals surface area contributed by atoms with Crippen LogP contribution in [0, 0.1) is 17.0 Å². The summed E-state index contributed by atoms with van der Waals surface area (Å²) >= 11 is 0. The number of carbonyl (C=O) groups excluding carboxylic acids is 2. The highest BCUT2D eigenvalue weighted by atomic mass is 16.6. The van der Waals surface area contributed by atoms with Crippen LogP contribution in [0.15, 0.2) is 48.5 Å². The van der Waals surface area contributed by atoms with Gasteiger partial charge in [0.25, 0.3) is 5.69 Å². The van der Waals surface area contributed by atoms with Crippen LogP contribution >= 0.6 is 0 Å². The van der Waals surface area contributed by atoms with Gasteiger partial charge in [0.2, 0.25) is 0 Å². The van der Waals surface area contributed by atoms with Gasteiger partial charge >= 0.3 is 11.8 Å². The minimum Gasteiger partial charge on any atom is -0.347 e. The fourth-order valence-electron chi connectivity index (χ4n) is 2.31. The number of anilines is 1. The molecule has 0 saturated carbocycles. The molecule has 0 radical (unpaired) electrons. The first-order valence-corrected chi connectivity index (χ1v) is 7.77. The molecule has 0 spiro atoms. The second-order valence-electron chi connectivity index (χ2n) is 5.79.